The number of benzene rings is 1. The number of hydrogen-bond donors (Lipinski definition) is 1. The molecule has 1 rings (SSSR count). The summed E-state index contributed by atoms with van der Waals surface area (Å²) in [4.78, 5) is 0.329. The van der Waals surface area contributed by atoms with Crippen LogP contribution in [0.3, 0.4) is 0 Å². The first kappa shape index (κ1) is 11.5. The van der Waals surface area contributed by atoms with Crippen molar-refractivity contribution in [2.24, 2.45) is 5.73 Å². The SMILES string of the molecule is CSc1cc(F)c(C(C)CN)cc1F. The predicted octanol–water partition coefficient (Wildman–Crippen LogP) is 2.75. The second-order valence-electron chi connectivity index (χ2n) is 3.15. The van der Waals surface area contributed by atoms with Crippen molar-refractivity contribution < 1.29 is 8.78 Å². The molecule has 0 fully saturated rings. The zero-order chi connectivity index (χ0) is 10.7. The molecule has 1 atom stereocenters. The highest BCUT2D eigenvalue weighted by atomic mass is 32.2. The van der Waals surface area contributed by atoms with Crippen LogP contribution in [0, 0.1) is 11.6 Å². The first-order valence-corrected chi connectivity index (χ1v) is 5.55. The first-order chi connectivity index (χ1) is 6.60. The van der Waals surface area contributed by atoms with Gasteiger partial charge in [-0.05, 0) is 36.4 Å². The van der Waals surface area contributed by atoms with Crippen LogP contribution in [0.5, 0.6) is 0 Å². The third-order valence-electron chi connectivity index (χ3n) is 2.16. The van der Waals surface area contributed by atoms with Gasteiger partial charge in [-0.25, -0.2) is 8.78 Å². The highest BCUT2D eigenvalue weighted by molar-refractivity contribution is 7.98. The van der Waals surface area contributed by atoms with Crippen molar-refractivity contribution in [3.63, 3.8) is 0 Å². The number of nitrogens with two attached hydrogens (primary N) is 1. The van der Waals surface area contributed by atoms with Crippen molar-refractivity contribution in [3.05, 3.63) is 29.3 Å². The maximum atomic E-state index is 13.4. The Morgan fingerprint density at radius 3 is 2.50 bits per heavy atom. The molecule has 0 saturated heterocycles. The fourth-order valence-corrected chi connectivity index (χ4v) is 1.68. The summed E-state index contributed by atoms with van der Waals surface area (Å²) in [5, 5.41) is 0. The van der Waals surface area contributed by atoms with Crippen molar-refractivity contribution >= 4 is 11.8 Å². The van der Waals surface area contributed by atoms with E-state index in [4.69, 9.17) is 5.73 Å². The van der Waals surface area contributed by atoms with Crippen LogP contribution in [0.15, 0.2) is 17.0 Å². The predicted molar refractivity (Wildman–Crippen MR) is 55.6 cm³/mol. The van der Waals surface area contributed by atoms with E-state index in [0.717, 1.165) is 0 Å². The maximum Gasteiger partial charge on any atom is 0.137 e. The molecule has 0 aliphatic rings. The molecule has 0 aliphatic carbocycles. The van der Waals surface area contributed by atoms with Gasteiger partial charge in [-0.3, -0.25) is 0 Å². The minimum absolute atomic E-state index is 0.152. The number of halogens is 2. The van der Waals surface area contributed by atoms with Crippen molar-refractivity contribution in [1.82, 2.24) is 0 Å². The van der Waals surface area contributed by atoms with Gasteiger partial charge in [0.05, 0.1) is 0 Å². The molecule has 1 aromatic carbocycles. The Balaban J connectivity index is 3.14. The highest BCUT2D eigenvalue weighted by Crippen LogP contribution is 2.26. The van der Waals surface area contributed by atoms with Crippen LogP contribution >= 0.6 is 11.8 Å². The van der Waals surface area contributed by atoms with Gasteiger partial charge in [0.1, 0.15) is 11.6 Å². The van der Waals surface area contributed by atoms with E-state index in [9.17, 15) is 8.78 Å². The van der Waals surface area contributed by atoms with Gasteiger partial charge < -0.3 is 5.73 Å². The van der Waals surface area contributed by atoms with Crippen LogP contribution in [-0.4, -0.2) is 12.8 Å². The summed E-state index contributed by atoms with van der Waals surface area (Å²) in [7, 11) is 0. The number of thioether (sulfide) groups is 1. The molecule has 78 valence electrons. The zero-order valence-electron chi connectivity index (χ0n) is 8.18. The Morgan fingerprint density at radius 2 is 2.00 bits per heavy atom. The summed E-state index contributed by atoms with van der Waals surface area (Å²) >= 11 is 1.19. The Kier molecular flexibility index (Phi) is 3.89. The second kappa shape index (κ2) is 4.75. The molecule has 0 heterocycles. The fraction of sp³-hybridized carbons (Fsp3) is 0.400. The average Bonchev–Trinajstić information content (AvgIpc) is 2.19. The monoisotopic (exact) mass is 217 g/mol. The van der Waals surface area contributed by atoms with Gasteiger partial charge in [0.2, 0.25) is 0 Å². The zero-order valence-corrected chi connectivity index (χ0v) is 9.00. The van der Waals surface area contributed by atoms with Crippen LogP contribution in [0.25, 0.3) is 0 Å². The topological polar surface area (TPSA) is 26.0 Å². The first-order valence-electron chi connectivity index (χ1n) is 4.33. The molecule has 2 N–H and O–H groups in total. The molecule has 1 unspecified atom stereocenters. The van der Waals surface area contributed by atoms with E-state index in [1.54, 1.807) is 13.2 Å². The van der Waals surface area contributed by atoms with Crippen LogP contribution < -0.4 is 5.73 Å². The van der Waals surface area contributed by atoms with Gasteiger partial charge in [0.15, 0.2) is 0 Å². The Labute approximate surface area is 86.7 Å². The molecule has 0 radical (unpaired) electrons. The van der Waals surface area contributed by atoms with Gasteiger partial charge >= 0.3 is 0 Å². The van der Waals surface area contributed by atoms with E-state index >= 15 is 0 Å². The molecular formula is C10H13F2NS. The van der Waals surface area contributed by atoms with Crippen molar-refractivity contribution in [1.29, 1.82) is 0 Å². The lowest BCUT2D eigenvalue weighted by Crippen LogP contribution is -2.11. The van der Waals surface area contributed by atoms with Gasteiger partial charge in [-0.2, -0.15) is 0 Å². The molecule has 4 heteroatoms. The Hall–Kier alpha value is -0.610. The highest BCUT2D eigenvalue weighted by Gasteiger charge is 2.13. The summed E-state index contributed by atoms with van der Waals surface area (Å²) < 4.78 is 26.7. The summed E-state index contributed by atoms with van der Waals surface area (Å²) in [5.74, 6) is -0.914. The fourth-order valence-electron chi connectivity index (χ4n) is 1.21. The van der Waals surface area contributed by atoms with E-state index in [2.05, 4.69) is 0 Å². The minimum atomic E-state index is -0.381. The molecule has 0 aliphatic heterocycles. The smallest absolute Gasteiger partial charge is 0.137 e. The lowest BCUT2D eigenvalue weighted by Gasteiger charge is -2.11. The number of rotatable bonds is 3. The molecule has 14 heavy (non-hydrogen) atoms. The molecule has 0 amide bonds. The molecule has 1 nitrogen and oxygen atoms in total. The van der Waals surface area contributed by atoms with Crippen LogP contribution in [0.4, 0.5) is 8.78 Å². The molecule has 0 saturated carbocycles. The molecule has 0 spiro atoms. The van der Waals surface area contributed by atoms with Crippen LogP contribution in [0.1, 0.15) is 18.4 Å². The van der Waals surface area contributed by atoms with Crippen molar-refractivity contribution in [2.75, 3.05) is 12.8 Å². The Bertz CT molecular complexity index is 328. The standard InChI is InChI=1S/C10H13F2NS/c1-6(5-13)7-3-9(12)10(14-2)4-8(7)11/h3-4,6H,5,13H2,1-2H3. The van der Waals surface area contributed by atoms with E-state index in [1.807, 2.05) is 0 Å². The summed E-state index contributed by atoms with van der Waals surface area (Å²) in [6, 6.07) is 2.46. The molecule has 0 aromatic heterocycles. The van der Waals surface area contributed by atoms with Crippen LogP contribution in [0.2, 0.25) is 0 Å². The third kappa shape index (κ3) is 2.25. The maximum absolute atomic E-state index is 13.4. The third-order valence-corrected chi connectivity index (χ3v) is 2.91. The number of hydrogen-bond acceptors (Lipinski definition) is 2. The van der Waals surface area contributed by atoms with E-state index < -0.39 is 0 Å². The van der Waals surface area contributed by atoms with E-state index in [1.165, 1.54) is 23.9 Å². The van der Waals surface area contributed by atoms with Crippen molar-refractivity contribution in [2.45, 2.75) is 17.7 Å². The molecule has 0 bridgehead atoms. The summed E-state index contributed by atoms with van der Waals surface area (Å²) in [5.41, 5.74) is 5.75. The minimum Gasteiger partial charge on any atom is -0.330 e. The van der Waals surface area contributed by atoms with Gasteiger partial charge in [0.25, 0.3) is 0 Å². The molecular weight excluding hydrogens is 204 g/mol. The lowest BCUT2D eigenvalue weighted by atomic mass is 10.0. The Morgan fingerprint density at radius 1 is 1.36 bits per heavy atom. The van der Waals surface area contributed by atoms with E-state index in [0.29, 0.717) is 17.0 Å². The summed E-state index contributed by atoms with van der Waals surface area (Å²) in [6.07, 6.45) is 1.71. The van der Waals surface area contributed by atoms with E-state index in [-0.39, 0.29) is 17.6 Å². The van der Waals surface area contributed by atoms with Crippen molar-refractivity contribution in [3.8, 4) is 0 Å². The van der Waals surface area contributed by atoms with Gasteiger partial charge in [0, 0.05) is 4.90 Å². The second-order valence-corrected chi connectivity index (χ2v) is 3.99. The lowest BCUT2D eigenvalue weighted by molar-refractivity contribution is 0.552. The van der Waals surface area contributed by atoms with Gasteiger partial charge in [-0.1, -0.05) is 6.92 Å². The average molecular weight is 217 g/mol. The van der Waals surface area contributed by atoms with Gasteiger partial charge in [-0.15, -0.1) is 11.8 Å². The molecule has 1 aromatic rings. The normalized spacial score (nSPS) is 12.9. The summed E-state index contributed by atoms with van der Waals surface area (Å²) in [6.45, 7) is 2.09. The largest absolute Gasteiger partial charge is 0.330 e. The van der Waals surface area contributed by atoms with Crippen LogP contribution in [-0.2, 0) is 0 Å². The quantitative estimate of drug-likeness (QED) is 0.788.